The standard InChI is InChI=1S/C15H24N2O2/c1-14(7-3-2-6-12(14)18)11-17-13(19)15(10-16)8-4-5-9-15/h12,18H,2-9,11H2,1H3,(H,17,19)/t12-,14+/m0/s1. The zero-order valence-electron chi connectivity index (χ0n) is 11.7. The molecule has 106 valence electrons. The first-order chi connectivity index (χ1) is 9.02. The van der Waals surface area contributed by atoms with Crippen LogP contribution >= 0.6 is 0 Å². The predicted octanol–water partition coefficient (Wildman–Crippen LogP) is 2.13. The highest BCUT2D eigenvalue weighted by Crippen LogP contribution is 2.39. The Hall–Kier alpha value is -1.08. The fourth-order valence-corrected chi connectivity index (χ4v) is 3.41. The summed E-state index contributed by atoms with van der Waals surface area (Å²) >= 11 is 0. The second-order valence-electron chi connectivity index (χ2n) is 6.50. The van der Waals surface area contributed by atoms with Gasteiger partial charge in [-0.05, 0) is 25.7 Å². The van der Waals surface area contributed by atoms with E-state index in [1.807, 2.05) is 6.92 Å². The Balaban J connectivity index is 1.94. The lowest BCUT2D eigenvalue weighted by molar-refractivity contribution is -0.129. The van der Waals surface area contributed by atoms with E-state index < -0.39 is 5.41 Å². The van der Waals surface area contributed by atoms with E-state index in [0.717, 1.165) is 38.5 Å². The summed E-state index contributed by atoms with van der Waals surface area (Å²) in [5.41, 5.74) is -1.04. The Morgan fingerprint density at radius 3 is 2.53 bits per heavy atom. The van der Waals surface area contributed by atoms with Gasteiger partial charge >= 0.3 is 0 Å². The number of nitriles is 1. The molecule has 2 rings (SSSR count). The molecule has 2 aliphatic carbocycles. The van der Waals surface area contributed by atoms with Crippen LogP contribution in [0.1, 0.15) is 58.3 Å². The average Bonchev–Trinajstić information content (AvgIpc) is 2.90. The third kappa shape index (κ3) is 2.76. The first kappa shape index (κ1) is 14.3. The number of carbonyl (C=O) groups is 1. The van der Waals surface area contributed by atoms with Crippen molar-refractivity contribution in [1.29, 1.82) is 5.26 Å². The number of hydrogen-bond acceptors (Lipinski definition) is 3. The Kier molecular flexibility index (Phi) is 4.15. The zero-order valence-corrected chi connectivity index (χ0v) is 11.7. The summed E-state index contributed by atoms with van der Waals surface area (Å²) in [7, 11) is 0. The van der Waals surface area contributed by atoms with E-state index in [1.165, 1.54) is 0 Å². The number of nitrogens with zero attached hydrogens (tertiary/aromatic N) is 1. The van der Waals surface area contributed by atoms with Gasteiger partial charge in [-0.2, -0.15) is 5.26 Å². The van der Waals surface area contributed by atoms with Crippen LogP contribution < -0.4 is 5.32 Å². The molecule has 0 unspecified atom stereocenters. The molecule has 2 atom stereocenters. The number of nitrogens with one attached hydrogen (secondary N) is 1. The predicted molar refractivity (Wildman–Crippen MR) is 72.1 cm³/mol. The van der Waals surface area contributed by atoms with Gasteiger partial charge in [-0.3, -0.25) is 4.79 Å². The molecular weight excluding hydrogens is 240 g/mol. The van der Waals surface area contributed by atoms with Crippen molar-refractivity contribution < 1.29 is 9.90 Å². The van der Waals surface area contributed by atoms with Gasteiger partial charge in [0.05, 0.1) is 12.2 Å². The fraction of sp³-hybridized carbons (Fsp3) is 0.867. The van der Waals surface area contributed by atoms with Crippen molar-refractivity contribution >= 4 is 5.91 Å². The van der Waals surface area contributed by atoms with Crippen molar-refractivity contribution in [2.75, 3.05) is 6.54 Å². The van der Waals surface area contributed by atoms with Gasteiger partial charge in [0.2, 0.25) is 5.91 Å². The van der Waals surface area contributed by atoms with E-state index in [9.17, 15) is 15.2 Å². The Labute approximate surface area is 115 Å². The second kappa shape index (κ2) is 5.50. The molecule has 2 aliphatic rings. The van der Waals surface area contributed by atoms with Crippen LogP contribution in [0.2, 0.25) is 0 Å². The van der Waals surface area contributed by atoms with Crippen LogP contribution in [0.25, 0.3) is 0 Å². The Bertz CT molecular complexity index is 382. The summed E-state index contributed by atoms with van der Waals surface area (Å²) in [5, 5.41) is 22.3. The maximum atomic E-state index is 12.3. The summed E-state index contributed by atoms with van der Waals surface area (Å²) in [6.45, 7) is 2.52. The number of hydrogen-bond donors (Lipinski definition) is 2. The SMILES string of the molecule is C[C@]1(CNC(=O)C2(C#N)CCCC2)CCCC[C@@H]1O. The lowest BCUT2D eigenvalue weighted by atomic mass is 9.73. The van der Waals surface area contributed by atoms with Crippen molar-refractivity contribution in [3.63, 3.8) is 0 Å². The zero-order chi connectivity index (χ0) is 13.9. The smallest absolute Gasteiger partial charge is 0.240 e. The van der Waals surface area contributed by atoms with Gasteiger partial charge in [-0.1, -0.05) is 32.6 Å². The minimum absolute atomic E-state index is 0.133. The molecule has 0 radical (unpaired) electrons. The molecular formula is C15H24N2O2. The van der Waals surface area contributed by atoms with Crippen LogP contribution in [0.4, 0.5) is 0 Å². The van der Waals surface area contributed by atoms with Crippen molar-refractivity contribution in [3.05, 3.63) is 0 Å². The molecule has 0 bridgehead atoms. The Morgan fingerprint density at radius 2 is 1.95 bits per heavy atom. The average molecular weight is 264 g/mol. The third-order valence-electron chi connectivity index (χ3n) is 5.04. The molecule has 0 saturated heterocycles. The quantitative estimate of drug-likeness (QED) is 0.820. The molecule has 4 nitrogen and oxygen atoms in total. The summed E-state index contributed by atoms with van der Waals surface area (Å²) < 4.78 is 0. The fourth-order valence-electron chi connectivity index (χ4n) is 3.41. The van der Waals surface area contributed by atoms with Gasteiger partial charge in [-0.15, -0.1) is 0 Å². The molecule has 1 amide bonds. The van der Waals surface area contributed by atoms with Crippen LogP contribution in [-0.2, 0) is 4.79 Å². The Morgan fingerprint density at radius 1 is 1.32 bits per heavy atom. The molecule has 2 fully saturated rings. The maximum Gasteiger partial charge on any atom is 0.240 e. The molecule has 2 N–H and O–H groups in total. The van der Waals surface area contributed by atoms with Gasteiger partial charge in [0, 0.05) is 12.0 Å². The number of amides is 1. The molecule has 0 aromatic rings. The van der Waals surface area contributed by atoms with Crippen LogP contribution in [-0.4, -0.2) is 23.7 Å². The van der Waals surface area contributed by atoms with Crippen LogP contribution in [0.5, 0.6) is 0 Å². The van der Waals surface area contributed by atoms with E-state index in [2.05, 4.69) is 11.4 Å². The van der Waals surface area contributed by atoms with Crippen molar-refractivity contribution in [3.8, 4) is 6.07 Å². The summed E-state index contributed by atoms with van der Waals surface area (Å²) in [6.07, 6.45) is 6.84. The highest BCUT2D eigenvalue weighted by atomic mass is 16.3. The van der Waals surface area contributed by atoms with Gasteiger partial charge in [0.25, 0.3) is 0 Å². The highest BCUT2D eigenvalue weighted by Gasteiger charge is 2.43. The molecule has 0 heterocycles. The molecule has 2 saturated carbocycles. The normalized spacial score (nSPS) is 33.6. The van der Waals surface area contributed by atoms with Crippen LogP contribution in [0.3, 0.4) is 0 Å². The summed E-state index contributed by atoms with van der Waals surface area (Å²) in [6, 6.07) is 2.21. The molecule has 0 aromatic carbocycles. The lowest BCUT2D eigenvalue weighted by Crippen LogP contribution is -2.48. The lowest BCUT2D eigenvalue weighted by Gasteiger charge is -2.39. The van der Waals surface area contributed by atoms with Crippen LogP contribution in [0.15, 0.2) is 0 Å². The van der Waals surface area contributed by atoms with E-state index in [0.29, 0.717) is 19.4 Å². The highest BCUT2D eigenvalue weighted by molar-refractivity contribution is 5.85. The number of rotatable bonds is 3. The number of carbonyl (C=O) groups excluding carboxylic acids is 1. The summed E-state index contributed by atoms with van der Waals surface area (Å²) in [4.78, 5) is 12.3. The summed E-state index contributed by atoms with van der Waals surface area (Å²) in [5.74, 6) is -0.133. The molecule has 0 aromatic heterocycles. The van der Waals surface area contributed by atoms with Crippen molar-refractivity contribution in [1.82, 2.24) is 5.32 Å². The minimum Gasteiger partial charge on any atom is -0.392 e. The van der Waals surface area contributed by atoms with Gasteiger partial charge in [0.15, 0.2) is 0 Å². The first-order valence-electron chi connectivity index (χ1n) is 7.40. The molecule has 0 aliphatic heterocycles. The largest absolute Gasteiger partial charge is 0.392 e. The maximum absolute atomic E-state index is 12.3. The van der Waals surface area contributed by atoms with Gasteiger partial charge < -0.3 is 10.4 Å². The monoisotopic (exact) mass is 264 g/mol. The molecule has 19 heavy (non-hydrogen) atoms. The second-order valence-corrected chi connectivity index (χ2v) is 6.50. The number of aliphatic hydroxyl groups excluding tert-OH is 1. The van der Waals surface area contributed by atoms with Gasteiger partial charge in [-0.25, -0.2) is 0 Å². The first-order valence-corrected chi connectivity index (χ1v) is 7.40. The van der Waals surface area contributed by atoms with Gasteiger partial charge in [0.1, 0.15) is 5.41 Å². The molecule has 0 spiro atoms. The molecule has 4 heteroatoms. The van der Waals surface area contributed by atoms with Crippen molar-refractivity contribution in [2.24, 2.45) is 10.8 Å². The number of aliphatic hydroxyl groups is 1. The van der Waals surface area contributed by atoms with Crippen LogP contribution in [0, 0.1) is 22.2 Å². The third-order valence-corrected chi connectivity index (χ3v) is 5.04. The van der Waals surface area contributed by atoms with E-state index in [4.69, 9.17) is 0 Å². The van der Waals surface area contributed by atoms with E-state index >= 15 is 0 Å². The van der Waals surface area contributed by atoms with Crippen molar-refractivity contribution in [2.45, 2.75) is 64.4 Å². The van der Waals surface area contributed by atoms with E-state index in [1.54, 1.807) is 0 Å². The van der Waals surface area contributed by atoms with E-state index in [-0.39, 0.29) is 17.4 Å². The topological polar surface area (TPSA) is 73.1 Å². The minimum atomic E-state index is -0.810.